The molecular weight excluding hydrogens is 364 g/mol. The maximum absolute atomic E-state index is 12.1. The Morgan fingerprint density at radius 2 is 2.13 bits per heavy atom. The third-order valence-electron chi connectivity index (χ3n) is 3.08. The van der Waals surface area contributed by atoms with Gasteiger partial charge in [-0.2, -0.15) is 0 Å². The number of anilines is 1. The van der Waals surface area contributed by atoms with Crippen LogP contribution >= 0.6 is 15.9 Å². The third-order valence-corrected chi connectivity index (χ3v) is 3.97. The molecule has 0 bridgehead atoms. The number of hydrogen-bond acceptors (Lipinski definition) is 4. The topological polar surface area (TPSA) is 85.2 Å². The predicted octanol–water partition coefficient (Wildman–Crippen LogP) is 1.87. The van der Waals surface area contributed by atoms with Crippen LogP contribution in [0.1, 0.15) is 15.9 Å². The summed E-state index contributed by atoms with van der Waals surface area (Å²) < 4.78 is 7.45. The summed E-state index contributed by atoms with van der Waals surface area (Å²) in [5.74, 6) is -0.519. The van der Waals surface area contributed by atoms with E-state index in [1.165, 1.54) is 18.0 Å². The highest BCUT2D eigenvalue weighted by atomic mass is 79.9. The first-order valence-corrected chi connectivity index (χ1v) is 7.62. The second-order valence-corrected chi connectivity index (χ2v) is 5.77. The van der Waals surface area contributed by atoms with Gasteiger partial charge in [-0.05, 0) is 30.7 Å². The lowest BCUT2D eigenvalue weighted by Crippen LogP contribution is -2.32. The Morgan fingerprint density at radius 3 is 2.78 bits per heavy atom. The molecule has 0 aliphatic heterocycles. The number of aryl methyl sites for hydroxylation is 2. The zero-order chi connectivity index (χ0) is 17.0. The molecule has 0 fully saturated rings. The van der Waals surface area contributed by atoms with Gasteiger partial charge in [0.15, 0.2) is 0 Å². The van der Waals surface area contributed by atoms with Crippen molar-refractivity contribution in [3.05, 3.63) is 40.0 Å². The van der Waals surface area contributed by atoms with Crippen molar-refractivity contribution >= 4 is 33.4 Å². The van der Waals surface area contributed by atoms with Crippen molar-refractivity contribution in [2.45, 2.75) is 6.92 Å². The molecule has 2 N–H and O–H groups in total. The fraction of sp³-hybridized carbons (Fsp3) is 0.267. The van der Waals surface area contributed by atoms with Crippen LogP contribution in [0.5, 0.6) is 5.88 Å². The molecule has 0 atom stereocenters. The van der Waals surface area contributed by atoms with Crippen molar-refractivity contribution in [1.82, 2.24) is 15.1 Å². The molecule has 0 saturated carbocycles. The minimum Gasteiger partial charge on any atom is -0.479 e. The standard InChI is InChI=1S/C15H17BrN4O3/c1-9-6-10(4-5-12(9)16)18-13(21)7-17-14(22)11-8-20(2)19-15(11)23-3/h4-6,8H,7H2,1-3H3,(H,17,22)(H,18,21). The molecule has 23 heavy (non-hydrogen) atoms. The van der Waals surface area contributed by atoms with E-state index >= 15 is 0 Å². The number of halogens is 1. The van der Waals surface area contributed by atoms with Gasteiger partial charge in [-0.1, -0.05) is 15.9 Å². The first-order valence-electron chi connectivity index (χ1n) is 6.82. The summed E-state index contributed by atoms with van der Waals surface area (Å²) in [6.07, 6.45) is 1.53. The molecule has 2 aromatic rings. The van der Waals surface area contributed by atoms with Gasteiger partial charge in [-0.15, -0.1) is 5.10 Å². The average molecular weight is 381 g/mol. The molecule has 0 aliphatic carbocycles. The molecule has 122 valence electrons. The van der Waals surface area contributed by atoms with E-state index in [4.69, 9.17) is 4.74 Å². The first-order chi connectivity index (χ1) is 10.9. The van der Waals surface area contributed by atoms with Crippen LogP contribution in [0, 0.1) is 6.92 Å². The molecule has 0 aliphatic rings. The van der Waals surface area contributed by atoms with Gasteiger partial charge in [0, 0.05) is 23.4 Å². The number of carbonyl (C=O) groups is 2. The average Bonchev–Trinajstić information content (AvgIpc) is 2.90. The van der Waals surface area contributed by atoms with Crippen molar-refractivity contribution in [2.75, 3.05) is 19.0 Å². The van der Waals surface area contributed by atoms with Crippen LogP contribution in [0.2, 0.25) is 0 Å². The SMILES string of the molecule is COc1nn(C)cc1C(=O)NCC(=O)Nc1ccc(Br)c(C)c1. The van der Waals surface area contributed by atoms with Gasteiger partial charge in [0.2, 0.25) is 11.8 Å². The van der Waals surface area contributed by atoms with Gasteiger partial charge >= 0.3 is 0 Å². The van der Waals surface area contributed by atoms with E-state index in [1.54, 1.807) is 13.1 Å². The lowest BCUT2D eigenvalue weighted by Gasteiger charge is -2.08. The summed E-state index contributed by atoms with van der Waals surface area (Å²) in [7, 11) is 3.11. The van der Waals surface area contributed by atoms with Crippen LogP contribution in [-0.2, 0) is 11.8 Å². The molecule has 1 aromatic heterocycles. The summed E-state index contributed by atoms with van der Waals surface area (Å²) in [5.41, 5.74) is 1.96. The predicted molar refractivity (Wildman–Crippen MR) is 89.6 cm³/mol. The quantitative estimate of drug-likeness (QED) is 0.828. The van der Waals surface area contributed by atoms with Crippen LogP contribution in [-0.4, -0.2) is 35.2 Å². The third kappa shape index (κ3) is 4.32. The summed E-state index contributed by atoms with van der Waals surface area (Å²) in [6, 6.07) is 5.47. The monoisotopic (exact) mass is 380 g/mol. The summed E-state index contributed by atoms with van der Waals surface area (Å²) >= 11 is 3.40. The van der Waals surface area contributed by atoms with Crippen LogP contribution in [0.4, 0.5) is 5.69 Å². The van der Waals surface area contributed by atoms with Crippen molar-refractivity contribution in [3.8, 4) is 5.88 Å². The molecular formula is C15H17BrN4O3. The van der Waals surface area contributed by atoms with Gasteiger partial charge in [-0.3, -0.25) is 14.3 Å². The van der Waals surface area contributed by atoms with E-state index in [-0.39, 0.29) is 23.9 Å². The highest BCUT2D eigenvalue weighted by Crippen LogP contribution is 2.20. The molecule has 0 saturated heterocycles. The van der Waals surface area contributed by atoms with E-state index in [0.717, 1.165) is 10.0 Å². The van der Waals surface area contributed by atoms with E-state index in [1.807, 2.05) is 19.1 Å². The number of methoxy groups -OCH3 is 1. The van der Waals surface area contributed by atoms with Gasteiger partial charge < -0.3 is 15.4 Å². The number of carbonyl (C=O) groups excluding carboxylic acids is 2. The zero-order valence-corrected chi connectivity index (χ0v) is 14.6. The smallest absolute Gasteiger partial charge is 0.258 e. The Morgan fingerprint density at radius 1 is 1.39 bits per heavy atom. The number of hydrogen-bond donors (Lipinski definition) is 2. The van der Waals surface area contributed by atoms with Crippen LogP contribution in [0.25, 0.3) is 0 Å². The van der Waals surface area contributed by atoms with E-state index in [2.05, 4.69) is 31.7 Å². The fourth-order valence-electron chi connectivity index (χ4n) is 1.96. The van der Waals surface area contributed by atoms with Crippen molar-refractivity contribution in [3.63, 3.8) is 0 Å². The molecule has 0 radical (unpaired) electrons. The largest absolute Gasteiger partial charge is 0.479 e. The summed E-state index contributed by atoms with van der Waals surface area (Å²) in [5, 5.41) is 9.26. The van der Waals surface area contributed by atoms with Crippen LogP contribution < -0.4 is 15.4 Å². The zero-order valence-electron chi connectivity index (χ0n) is 13.0. The minimum absolute atomic E-state index is 0.147. The number of ether oxygens (including phenoxy) is 1. The van der Waals surface area contributed by atoms with Crippen molar-refractivity contribution < 1.29 is 14.3 Å². The molecule has 1 heterocycles. The lowest BCUT2D eigenvalue weighted by atomic mass is 10.2. The molecule has 0 unspecified atom stereocenters. The maximum atomic E-state index is 12.1. The highest BCUT2D eigenvalue weighted by molar-refractivity contribution is 9.10. The molecule has 7 nitrogen and oxygen atoms in total. The van der Waals surface area contributed by atoms with Crippen LogP contribution in [0.3, 0.4) is 0 Å². The number of amides is 2. The van der Waals surface area contributed by atoms with Gasteiger partial charge in [0.1, 0.15) is 5.56 Å². The van der Waals surface area contributed by atoms with Crippen LogP contribution in [0.15, 0.2) is 28.9 Å². The normalized spacial score (nSPS) is 10.3. The molecule has 2 amide bonds. The van der Waals surface area contributed by atoms with Gasteiger partial charge in [0.25, 0.3) is 5.91 Å². The lowest BCUT2D eigenvalue weighted by molar-refractivity contribution is -0.115. The molecule has 8 heteroatoms. The summed E-state index contributed by atoms with van der Waals surface area (Å²) in [6.45, 7) is 1.78. The number of aromatic nitrogens is 2. The second kappa shape index (κ2) is 7.28. The number of nitrogens with zero attached hydrogens (tertiary/aromatic N) is 2. The number of rotatable bonds is 5. The second-order valence-electron chi connectivity index (χ2n) is 4.92. The Labute approximate surface area is 142 Å². The van der Waals surface area contributed by atoms with E-state index in [9.17, 15) is 9.59 Å². The number of benzene rings is 1. The van der Waals surface area contributed by atoms with Gasteiger partial charge in [-0.25, -0.2) is 0 Å². The molecule has 1 aromatic carbocycles. The van der Waals surface area contributed by atoms with Crippen molar-refractivity contribution in [2.24, 2.45) is 7.05 Å². The minimum atomic E-state index is -0.419. The number of nitrogens with one attached hydrogen (secondary N) is 2. The highest BCUT2D eigenvalue weighted by Gasteiger charge is 2.17. The Bertz CT molecular complexity index is 742. The Balaban J connectivity index is 1.93. The maximum Gasteiger partial charge on any atom is 0.258 e. The first kappa shape index (κ1) is 17.0. The molecule has 0 spiro atoms. The molecule has 2 rings (SSSR count). The Kier molecular flexibility index (Phi) is 5.38. The van der Waals surface area contributed by atoms with Gasteiger partial charge in [0.05, 0.1) is 13.7 Å². The fourth-order valence-corrected chi connectivity index (χ4v) is 2.20. The Hall–Kier alpha value is -2.35. The van der Waals surface area contributed by atoms with E-state index in [0.29, 0.717) is 5.69 Å². The van der Waals surface area contributed by atoms with Crippen molar-refractivity contribution in [1.29, 1.82) is 0 Å². The summed E-state index contributed by atoms with van der Waals surface area (Å²) in [4.78, 5) is 24.0. The van der Waals surface area contributed by atoms with E-state index < -0.39 is 5.91 Å².